The standard InChI is InChI=1S/C23H23N3O3/c1-5-9-26-22(15-7-6-8-16(12-15)29-4)19-20(24-25-21(19)23(26)28)18-14(3)10-13(2)11-17(18)27/h5-8,10-12,22,27H,1,9H2,2-4H3,(H,24,25)/t22-/m1/s1. The molecule has 0 aliphatic carbocycles. The number of aromatic amines is 1. The summed E-state index contributed by atoms with van der Waals surface area (Å²) in [6, 6.07) is 11.0. The molecule has 0 spiro atoms. The summed E-state index contributed by atoms with van der Waals surface area (Å²) in [5.41, 5.74) is 5.18. The Morgan fingerprint density at radius 2 is 2.10 bits per heavy atom. The molecule has 2 heterocycles. The molecule has 0 bridgehead atoms. The molecule has 148 valence electrons. The summed E-state index contributed by atoms with van der Waals surface area (Å²) in [6.07, 6.45) is 1.71. The highest BCUT2D eigenvalue weighted by Crippen LogP contribution is 2.45. The van der Waals surface area contributed by atoms with Gasteiger partial charge in [-0.1, -0.05) is 24.3 Å². The number of rotatable bonds is 5. The van der Waals surface area contributed by atoms with Crippen molar-refractivity contribution in [3.05, 3.63) is 77.0 Å². The van der Waals surface area contributed by atoms with Crippen molar-refractivity contribution >= 4 is 5.91 Å². The highest BCUT2D eigenvalue weighted by Gasteiger charge is 2.42. The van der Waals surface area contributed by atoms with Crippen LogP contribution in [0.2, 0.25) is 0 Å². The van der Waals surface area contributed by atoms with Crippen LogP contribution in [0.5, 0.6) is 11.5 Å². The number of nitrogens with zero attached hydrogens (tertiary/aromatic N) is 2. The van der Waals surface area contributed by atoms with E-state index in [-0.39, 0.29) is 17.7 Å². The van der Waals surface area contributed by atoms with Crippen molar-refractivity contribution < 1.29 is 14.6 Å². The van der Waals surface area contributed by atoms with E-state index in [1.54, 1.807) is 24.2 Å². The topological polar surface area (TPSA) is 78.5 Å². The van der Waals surface area contributed by atoms with Gasteiger partial charge < -0.3 is 14.7 Å². The van der Waals surface area contributed by atoms with Gasteiger partial charge in [-0.2, -0.15) is 5.10 Å². The minimum absolute atomic E-state index is 0.143. The molecule has 3 aromatic rings. The molecule has 29 heavy (non-hydrogen) atoms. The van der Waals surface area contributed by atoms with Crippen LogP contribution in [0.1, 0.15) is 38.8 Å². The Hall–Kier alpha value is -3.54. The van der Waals surface area contributed by atoms with Gasteiger partial charge in [0.25, 0.3) is 5.91 Å². The largest absolute Gasteiger partial charge is 0.507 e. The van der Waals surface area contributed by atoms with Crippen LogP contribution in [0.15, 0.2) is 49.1 Å². The Labute approximate surface area is 169 Å². The molecular weight excluding hydrogens is 366 g/mol. The predicted molar refractivity (Wildman–Crippen MR) is 111 cm³/mol. The number of phenols is 1. The second-order valence-electron chi connectivity index (χ2n) is 7.26. The lowest BCUT2D eigenvalue weighted by molar-refractivity contribution is 0.0764. The molecule has 0 saturated carbocycles. The van der Waals surface area contributed by atoms with Crippen molar-refractivity contribution in [2.75, 3.05) is 13.7 Å². The van der Waals surface area contributed by atoms with Crippen molar-refractivity contribution in [2.45, 2.75) is 19.9 Å². The fraction of sp³-hybridized carbons (Fsp3) is 0.217. The van der Waals surface area contributed by atoms with Crippen LogP contribution < -0.4 is 4.74 Å². The molecule has 6 nitrogen and oxygen atoms in total. The van der Waals surface area contributed by atoms with E-state index in [1.807, 2.05) is 44.2 Å². The van der Waals surface area contributed by atoms with Crippen LogP contribution in [0.4, 0.5) is 0 Å². The van der Waals surface area contributed by atoms with Gasteiger partial charge in [-0.3, -0.25) is 9.89 Å². The fourth-order valence-electron chi connectivity index (χ4n) is 4.13. The highest BCUT2D eigenvalue weighted by molar-refractivity contribution is 6.00. The number of phenolic OH excluding ortho intramolecular Hbond substituents is 1. The van der Waals surface area contributed by atoms with Crippen LogP contribution in [-0.2, 0) is 0 Å². The molecule has 1 aliphatic rings. The van der Waals surface area contributed by atoms with Gasteiger partial charge in [0.2, 0.25) is 0 Å². The Balaban J connectivity index is 1.95. The van der Waals surface area contributed by atoms with Gasteiger partial charge >= 0.3 is 0 Å². The van der Waals surface area contributed by atoms with Gasteiger partial charge in [0.15, 0.2) is 0 Å². The van der Waals surface area contributed by atoms with Crippen molar-refractivity contribution in [1.29, 1.82) is 0 Å². The number of aryl methyl sites for hydroxylation is 2. The number of benzene rings is 2. The number of ether oxygens (including phenoxy) is 1. The maximum atomic E-state index is 13.1. The third kappa shape index (κ3) is 2.97. The second-order valence-corrected chi connectivity index (χ2v) is 7.26. The SMILES string of the molecule is C=CCN1C(=O)c2[nH]nc(-c3c(C)cc(C)cc3O)c2[C@H]1c1cccc(OC)c1. The third-order valence-electron chi connectivity index (χ3n) is 5.29. The lowest BCUT2D eigenvalue weighted by Gasteiger charge is -2.25. The average Bonchev–Trinajstić information content (AvgIpc) is 3.21. The normalized spacial score (nSPS) is 15.5. The Morgan fingerprint density at radius 1 is 1.31 bits per heavy atom. The maximum Gasteiger partial charge on any atom is 0.273 e. The van der Waals surface area contributed by atoms with Crippen molar-refractivity contribution in [1.82, 2.24) is 15.1 Å². The van der Waals surface area contributed by atoms with E-state index in [9.17, 15) is 9.90 Å². The number of fused-ring (bicyclic) bond motifs is 1. The van der Waals surface area contributed by atoms with Crippen molar-refractivity contribution in [3.8, 4) is 22.8 Å². The molecule has 0 fully saturated rings. The number of aromatic nitrogens is 2. The molecule has 6 heteroatoms. The smallest absolute Gasteiger partial charge is 0.273 e. The number of H-pyrrole nitrogens is 1. The first kappa shape index (κ1) is 18.8. The van der Waals surface area contributed by atoms with E-state index in [0.29, 0.717) is 29.2 Å². The molecule has 4 rings (SSSR count). The van der Waals surface area contributed by atoms with Crippen LogP contribution in [0, 0.1) is 13.8 Å². The van der Waals surface area contributed by atoms with E-state index >= 15 is 0 Å². The quantitative estimate of drug-likeness (QED) is 0.643. The van der Waals surface area contributed by atoms with E-state index in [2.05, 4.69) is 16.8 Å². The Morgan fingerprint density at radius 3 is 2.79 bits per heavy atom. The molecule has 0 saturated heterocycles. The van der Waals surface area contributed by atoms with Crippen molar-refractivity contribution in [3.63, 3.8) is 0 Å². The second kappa shape index (κ2) is 7.13. The molecule has 1 atom stereocenters. The van der Waals surface area contributed by atoms with Gasteiger partial charge in [0, 0.05) is 17.7 Å². The Kier molecular flexibility index (Phi) is 4.62. The highest BCUT2D eigenvalue weighted by atomic mass is 16.5. The van der Waals surface area contributed by atoms with Gasteiger partial charge in [-0.15, -0.1) is 6.58 Å². The monoisotopic (exact) mass is 389 g/mol. The number of aromatic hydroxyl groups is 1. The van der Waals surface area contributed by atoms with E-state index in [4.69, 9.17) is 4.74 Å². The molecule has 2 N–H and O–H groups in total. The number of hydrogen-bond donors (Lipinski definition) is 2. The van der Waals surface area contributed by atoms with Gasteiger partial charge in [-0.05, 0) is 48.7 Å². The Bertz CT molecular complexity index is 1090. The zero-order valence-corrected chi connectivity index (χ0v) is 16.7. The van der Waals surface area contributed by atoms with Gasteiger partial charge in [-0.25, -0.2) is 0 Å². The molecule has 0 unspecified atom stereocenters. The fourth-order valence-corrected chi connectivity index (χ4v) is 4.13. The maximum absolute atomic E-state index is 13.1. The summed E-state index contributed by atoms with van der Waals surface area (Å²) in [4.78, 5) is 14.9. The zero-order valence-electron chi connectivity index (χ0n) is 16.7. The first-order valence-electron chi connectivity index (χ1n) is 9.41. The molecule has 1 aromatic heterocycles. The van der Waals surface area contributed by atoms with Crippen LogP contribution >= 0.6 is 0 Å². The van der Waals surface area contributed by atoms with E-state index in [1.165, 1.54) is 0 Å². The van der Waals surface area contributed by atoms with Crippen LogP contribution in [-0.4, -0.2) is 39.8 Å². The third-order valence-corrected chi connectivity index (χ3v) is 5.29. The zero-order chi connectivity index (χ0) is 20.7. The summed E-state index contributed by atoms with van der Waals surface area (Å²) in [5, 5.41) is 18.0. The first-order valence-corrected chi connectivity index (χ1v) is 9.41. The summed E-state index contributed by atoms with van der Waals surface area (Å²) in [7, 11) is 1.61. The summed E-state index contributed by atoms with van der Waals surface area (Å²) < 4.78 is 5.39. The molecule has 1 aliphatic heterocycles. The number of hydrogen-bond acceptors (Lipinski definition) is 4. The first-order chi connectivity index (χ1) is 14.0. The number of carbonyl (C=O) groups is 1. The molecular formula is C23H23N3O3. The number of carbonyl (C=O) groups excluding carboxylic acids is 1. The minimum Gasteiger partial charge on any atom is -0.507 e. The molecule has 1 amide bonds. The average molecular weight is 389 g/mol. The minimum atomic E-state index is -0.362. The number of methoxy groups -OCH3 is 1. The van der Waals surface area contributed by atoms with Crippen LogP contribution in [0.3, 0.4) is 0 Å². The summed E-state index contributed by atoms with van der Waals surface area (Å²) >= 11 is 0. The molecule has 2 aromatic carbocycles. The number of nitrogens with one attached hydrogen (secondary N) is 1. The molecule has 0 radical (unpaired) electrons. The van der Waals surface area contributed by atoms with Crippen molar-refractivity contribution in [2.24, 2.45) is 0 Å². The van der Waals surface area contributed by atoms with E-state index < -0.39 is 0 Å². The summed E-state index contributed by atoms with van der Waals surface area (Å²) in [5.74, 6) is 0.716. The van der Waals surface area contributed by atoms with Gasteiger partial charge in [0.05, 0.1) is 13.2 Å². The predicted octanol–water partition coefficient (Wildman–Crippen LogP) is 4.14. The summed E-state index contributed by atoms with van der Waals surface area (Å²) in [6.45, 7) is 8.06. The van der Waals surface area contributed by atoms with Crippen LogP contribution in [0.25, 0.3) is 11.3 Å². The lowest BCUT2D eigenvalue weighted by atomic mass is 9.93. The van der Waals surface area contributed by atoms with E-state index in [0.717, 1.165) is 22.3 Å². The lowest BCUT2D eigenvalue weighted by Crippen LogP contribution is -2.29. The van der Waals surface area contributed by atoms with Gasteiger partial charge in [0.1, 0.15) is 22.9 Å². The number of amides is 1.